The van der Waals surface area contributed by atoms with Crippen LogP contribution in [0.3, 0.4) is 0 Å². The molecule has 21 atom stereocenters. The van der Waals surface area contributed by atoms with Crippen molar-refractivity contribution in [3.8, 4) is 0 Å². The number of likely N-dealkylation sites (N-methyl/N-ethyl adjacent to an activating group) is 1. The van der Waals surface area contributed by atoms with Crippen LogP contribution >= 0.6 is 0 Å². The second-order valence-corrected chi connectivity index (χ2v) is 19.6. The number of Topliss-reactive ketones (excluding diaryl/α,β-unsaturated/α-hetero) is 1. The Morgan fingerprint density at radius 2 is 1.56 bits per heavy atom. The van der Waals surface area contributed by atoms with Crippen LogP contribution in [0.15, 0.2) is 42.0 Å². The van der Waals surface area contributed by atoms with E-state index in [9.17, 15) is 4.79 Å². The fourth-order valence-electron chi connectivity index (χ4n) is 13.1. The summed E-state index contributed by atoms with van der Waals surface area (Å²) in [6, 6.07) is 11.8. The molecule has 0 aromatic heterocycles. The highest BCUT2D eigenvalue weighted by molar-refractivity contribution is 5.99. The van der Waals surface area contributed by atoms with Gasteiger partial charge in [0.05, 0.1) is 30.8 Å². The predicted molar refractivity (Wildman–Crippen MR) is 229 cm³/mol. The van der Waals surface area contributed by atoms with E-state index in [1.165, 1.54) is 5.56 Å². The SMILES string of the molecule is CC[C@H]1CCC[C@H](O[C@H]2CC[C@H](N(C)C)C(C)O2)[C@@H](C)C(=O)C2=C[C@H]3[C@@H]4C[C@H](O[C@@H]5OC(C)[C@H](OC)[C@@H](OC)C5OC)C[C@H]4[C@H]4[C@@H]([C@H]3[C@@H]2CC(=O)O1)N4[C@@H](C)c1ccccc1. The minimum atomic E-state index is -0.617. The number of allylic oxidation sites excluding steroid dienone is 2. The number of methoxy groups -OCH3 is 3. The number of likely N-dealkylation sites (tertiary alicyclic amines) is 1. The molecule has 0 amide bonds. The lowest BCUT2D eigenvalue weighted by Crippen LogP contribution is -2.59. The van der Waals surface area contributed by atoms with Gasteiger partial charge >= 0.3 is 5.97 Å². The third-order valence-corrected chi connectivity index (χ3v) is 16.2. The summed E-state index contributed by atoms with van der Waals surface area (Å²) in [7, 11) is 9.23. The normalized spacial score (nSPS) is 45.7. The van der Waals surface area contributed by atoms with E-state index in [1.807, 2.05) is 13.8 Å². The summed E-state index contributed by atoms with van der Waals surface area (Å²) >= 11 is 0. The summed E-state index contributed by atoms with van der Waals surface area (Å²) < 4.78 is 50.7. The van der Waals surface area contributed by atoms with Crippen molar-refractivity contribution in [2.75, 3.05) is 35.4 Å². The largest absolute Gasteiger partial charge is 0.462 e. The molecule has 0 N–H and O–H groups in total. The van der Waals surface area contributed by atoms with Gasteiger partial charge in [-0.05, 0) is 121 Å². The van der Waals surface area contributed by atoms with Crippen LogP contribution in [0.1, 0.15) is 104 Å². The lowest BCUT2D eigenvalue weighted by atomic mass is 9.66. The standard InChI is InChI=1S/C49H74N2O10/c1-11-31-18-15-19-39(61-41-21-20-38(50(6)7)28(4)57-41)26(2)45(53)37-24-34-33-22-32(60-49-48(56-10)47(55-9)46(54-8)29(5)58-49)23-36(33)43-44(42(34)35(37)25-40(52)59-31)51(43)27(3)30-16-13-12-14-17-30/h12-14,16-17,24,26-29,31-36,38-39,41-44,46-49H,11,15,18-23,25H2,1-10H3/t26-,27+,28?,29?,31+,32+,33+,34+,35-,36-,38+,39+,41+,42-,43+,44-,46+,47-,48?,49+,51?/m1/s1. The highest BCUT2D eigenvalue weighted by Crippen LogP contribution is 2.65. The number of esters is 1. The Hall–Kier alpha value is -2.26. The third kappa shape index (κ3) is 8.80. The second kappa shape index (κ2) is 19.1. The monoisotopic (exact) mass is 851 g/mol. The number of nitrogens with zero attached hydrogens (tertiary/aromatic N) is 2. The maximum atomic E-state index is 15.2. The van der Waals surface area contributed by atoms with Crippen LogP contribution in [0.4, 0.5) is 0 Å². The Balaban J connectivity index is 1.10. The van der Waals surface area contributed by atoms with Crippen molar-refractivity contribution in [3.63, 3.8) is 0 Å². The molecular formula is C49H74N2O10. The van der Waals surface area contributed by atoms with E-state index < -0.39 is 12.4 Å². The highest BCUT2D eigenvalue weighted by atomic mass is 16.7. The fraction of sp³-hybridized carbons (Fsp3) is 0.796. The van der Waals surface area contributed by atoms with Gasteiger partial charge < -0.3 is 42.8 Å². The van der Waals surface area contributed by atoms with E-state index in [-0.39, 0.29) is 109 Å². The Morgan fingerprint density at radius 3 is 2.23 bits per heavy atom. The summed E-state index contributed by atoms with van der Waals surface area (Å²) in [4.78, 5) is 34.2. The zero-order chi connectivity index (χ0) is 43.3. The van der Waals surface area contributed by atoms with Gasteiger partial charge in [-0.1, -0.05) is 50.3 Å². The number of ketones is 1. The number of rotatable bonds is 11. The molecule has 61 heavy (non-hydrogen) atoms. The second-order valence-electron chi connectivity index (χ2n) is 19.6. The van der Waals surface area contributed by atoms with Crippen LogP contribution in [-0.4, -0.2) is 137 Å². The van der Waals surface area contributed by atoms with Gasteiger partial charge in [0.1, 0.15) is 24.4 Å². The first-order chi connectivity index (χ1) is 29.4. The van der Waals surface area contributed by atoms with Gasteiger partial charge in [-0.2, -0.15) is 0 Å². The van der Waals surface area contributed by atoms with E-state index in [0.717, 1.165) is 50.5 Å². The van der Waals surface area contributed by atoms with Crippen molar-refractivity contribution in [1.29, 1.82) is 0 Å². The molecule has 8 rings (SSSR count). The number of carbonyl (C=O) groups excluding carboxylic acids is 2. The molecule has 12 nitrogen and oxygen atoms in total. The predicted octanol–water partition coefficient (Wildman–Crippen LogP) is 6.75. The number of hydrogen-bond donors (Lipinski definition) is 0. The highest BCUT2D eigenvalue weighted by Gasteiger charge is 2.70. The van der Waals surface area contributed by atoms with Gasteiger partial charge in [0.25, 0.3) is 0 Å². The summed E-state index contributed by atoms with van der Waals surface area (Å²) in [5.74, 6) is 0.111. The molecule has 1 aromatic carbocycles. The van der Waals surface area contributed by atoms with E-state index in [4.69, 9.17) is 37.9 Å². The molecule has 0 radical (unpaired) electrons. The van der Waals surface area contributed by atoms with Gasteiger partial charge in [0, 0.05) is 57.3 Å². The zero-order valence-electron chi connectivity index (χ0n) is 38.4. The zero-order valence-corrected chi connectivity index (χ0v) is 38.4. The Bertz CT molecular complexity index is 1690. The lowest BCUT2D eigenvalue weighted by molar-refractivity contribution is -0.314. The van der Waals surface area contributed by atoms with Crippen molar-refractivity contribution < 1.29 is 47.5 Å². The molecule has 12 heteroatoms. The lowest BCUT2D eigenvalue weighted by Gasteiger charge is -2.44. The van der Waals surface area contributed by atoms with Crippen LogP contribution in [0.5, 0.6) is 0 Å². The molecule has 2 saturated carbocycles. The molecule has 340 valence electrons. The Labute approximate surface area is 364 Å². The van der Waals surface area contributed by atoms with Crippen LogP contribution in [-0.2, 0) is 47.5 Å². The van der Waals surface area contributed by atoms with Gasteiger partial charge in [-0.15, -0.1) is 0 Å². The van der Waals surface area contributed by atoms with Crippen molar-refractivity contribution in [3.05, 3.63) is 47.5 Å². The third-order valence-electron chi connectivity index (χ3n) is 16.2. The van der Waals surface area contributed by atoms with Crippen molar-refractivity contribution in [1.82, 2.24) is 9.80 Å². The molecule has 4 aliphatic heterocycles. The summed E-state index contributed by atoms with van der Waals surface area (Å²) in [6.45, 7) is 10.6. The first kappa shape index (κ1) is 45.3. The van der Waals surface area contributed by atoms with Crippen LogP contribution in [0.25, 0.3) is 0 Å². The fourth-order valence-corrected chi connectivity index (χ4v) is 13.1. The van der Waals surface area contributed by atoms with Gasteiger partial charge in [0.2, 0.25) is 0 Å². The molecule has 0 bridgehead atoms. The van der Waals surface area contributed by atoms with Crippen LogP contribution in [0.2, 0.25) is 0 Å². The van der Waals surface area contributed by atoms with Crippen molar-refractivity contribution >= 4 is 11.8 Å². The first-order valence-electron chi connectivity index (χ1n) is 23.5. The van der Waals surface area contributed by atoms with Crippen LogP contribution < -0.4 is 0 Å². The molecule has 4 saturated heterocycles. The molecule has 6 fully saturated rings. The molecule has 1 aromatic rings. The maximum absolute atomic E-state index is 15.2. The molecule has 7 aliphatic rings. The van der Waals surface area contributed by atoms with Gasteiger partial charge in [-0.25, -0.2) is 0 Å². The number of hydrogen-bond acceptors (Lipinski definition) is 12. The maximum Gasteiger partial charge on any atom is 0.306 e. The Morgan fingerprint density at radius 1 is 0.836 bits per heavy atom. The van der Waals surface area contributed by atoms with Crippen LogP contribution in [0, 0.1) is 35.5 Å². The topological polar surface area (TPSA) is 114 Å². The van der Waals surface area contributed by atoms with Crippen molar-refractivity contribution in [2.24, 2.45) is 35.5 Å². The number of cyclic esters (lactones) is 1. The molecule has 4 heterocycles. The smallest absolute Gasteiger partial charge is 0.306 e. The van der Waals surface area contributed by atoms with Gasteiger partial charge in [-0.3, -0.25) is 14.5 Å². The average molecular weight is 851 g/mol. The Kier molecular flexibility index (Phi) is 14.2. The minimum Gasteiger partial charge on any atom is -0.462 e. The molecular weight excluding hydrogens is 777 g/mol. The summed E-state index contributed by atoms with van der Waals surface area (Å²) in [6.07, 6.45) is 6.15. The van der Waals surface area contributed by atoms with E-state index >= 15 is 4.79 Å². The molecule has 4 unspecified atom stereocenters. The number of fused-ring (bicyclic) bond motifs is 8. The van der Waals surface area contributed by atoms with Crippen molar-refractivity contribution in [2.45, 2.75) is 178 Å². The number of ether oxygens (including phenoxy) is 8. The average Bonchev–Trinajstić information content (AvgIpc) is 3.65. The number of carbonyl (C=O) groups is 2. The first-order valence-corrected chi connectivity index (χ1v) is 23.5. The van der Waals surface area contributed by atoms with E-state index in [2.05, 4.69) is 81.1 Å². The van der Waals surface area contributed by atoms with E-state index in [0.29, 0.717) is 24.4 Å². The quantitative estimate of drug-likeness (QED) is 0.174. The molecule has 0 spiro atoms. The molecule has 3 aliphatic carbocycles. The van der Waals surface area contributed by atoms with Gasteiger partial charge in [0.15, 0.2) is 18.4 Å². The van der Waals surface area contributed by atoms with E-state index in [1.54, 1.807) is 21.3 Å². The summed E-state index contributed by atoms with van der Waals surface area (Å²) in [5, 5.41) is 0. The summed E-state index contributed by atoms with van der Waals surface area (Å²) in [5.41, 5.74) is 2.07. The number of benzene rings is 1. The minimum absolute atomic E-state index is 0.0250.